The number of aryl methyl sites for hydroxylation is 1. The SMILES string of the molecule is Nc1[nH]n2c(=O)c3c(nc2c1N=Nc1ccccc1)CCCC3. The molecule has 116 valence electrons. The van der Waals surface area contributed by atoms with Gasteiger partial charge in [-0.1, -0.05) is 18.2 Å². The lowest BCUT2D eigenvalue weighted by atomic mass is 9.97. The lowest BCUT2D eigenvalue weighted by Crippen LogP contribution is -2.24. The lowest BCUT2D eigenvalue weighted by molar-refractivity contribution is 0.651. The highest BCUT2D eigenvalue weighted by atomic mass is 16.1. The maximum Gasteiger partial charge on any atom is 0.276 e. The lowest BCUT2D eigenvalue weighted by Gasteiger charge is -2.13. The average Bonchev–Trinajstić information content (AvgIpc) is 2.90. The minimum Gasteiger partial charge on any atom is -0.382 e. The number of nitrogens with zero attached hydrogens (tertiary/aromatic N) is 4. The molecular formula is C16H16N6O. The van der Waals surface area contributed by atoms with Crippen molar-refractivity contribution in [1.29, 1.82) is 0 Å². The van der Waals surface area contributed by atoms with Gasteiger partial charge in [-0.25, -0.2) is 4.98 Å². The van der Waals surface area contributed by atoms with Gasteiger partial charge in [-0.15, -0.1) is 5.11 Å². The Morgan fingerprint density at radius 1 is 1.13 bits per heavy atom. The molecule has 4 rings (SSSR count). The van der Waals surface area contributed by atoms with Crippen molar-refractivity contribution < 1.29 is 0 Å². The van der Waals surface area contributed by atoms with Crippen LogP contribution >= 0.6 is 0 Å². The zero-order valence-corrected chi connectivity index (χ0v) is 12.5. The summed E-state index contributed by atoms with van der Waals surface area (Å²) in [7, 11) is 0. The Morgan fingerprint density at radius 3 is 2.74 bits per heavy atom. The molecule has 2 aromatic heterocycles. The molecule has 7 heteroatoms. The molecule has 0 spiro atoms. The van der Waals surface area contributed by atoms with Crippen LogP contribution in [0.5, 0.6) is 0 Å². The third-order valence-electron chi connectivity index (χ3n) is 4.07. The number of anilines is 1. The van der Waals surface area contributed by atoms with E-state index in [1.54, 1.807) is 0 Å². The van der Waals surface area contributed by atoms with Gasteiger partial charge in [0.1, 0.15) is 5.82 Å². The number of nitrogen functional groups attached to an aromatic ring is 1. The fourth-order valence-corrected chi connectivity index (χ4v) is 2.91. The van der Waals surface area contributed by atoms with Crippen LogP contribution in [0.3, 0.4) is 0 Å². The average molecular weight is 308 g/mol. The van der Waals surface area contributed by atoms with Crippen LogP contribution in [0.25, 0.3) is 5.65 Å². The van der Waals surface area contributed by atoms with E-state index in [0.717, 1.165) is 36.9 Å². The van der Waals surface area contributed by atoms with Crippen molar-refractivity contribution in [3.05, 3.63) is 51.9 Å². The third kappa shape index (κ3) is 2.30. The van der Waals surface area contributed by atoms with Crippen molar-refractivity contribution >= 4 is 22.8 Å². The molecule has 23 heavy (non-hydrogen) atoms. The van der Waals surface area contributed by atoms with Gasteiger partial charge in [0.05, 0.1) is 11.4 Å². The zero-order chi connectivity index (χ0) is 15.8. The number of nitrogens with one attached hydrogen (secondary N) is 1. The Kier molecular flexibility index (Phi) is 3.18. The van der Waals surface area contributed by atoms with Gasteiger partial charge >= 0.3 is 0 Å². The molecule has 0 saturated carbocycles. The van der Waals surface area contributed by atoms with E-state index in [0.29, 0.717) is 17.0 Å². The van der Waals surface area contributed by atoms with Crippen molar-refractivity contribution in [2.75, 3.05) is 5.73 Å². The standard InChI is InChI=1S/C16H16N6O/c17-14-13(20-19-10-6-2-1-3-7-10)15-18-12-9-5-4-8-11(12)16(23)22(15)21-14/h1-3,6-7,21H,4-5,8-9,17H2. The fourth-order valence-electron chi connectivity index (χ4n) is 2.91. The molecule has 1 aromatic carbocycles. The summed E-state index contributed by atoms with van der Waals surface area (Å²) in [4.78, 5) is 17.2. The summed E-state index contributed by atoms with van der Waals surface area (Å²) in [5.41, 5.74) is 9.08. The Bertz CT molecular complexity index is 954. The Balaban J connectivity index is 1.87. The molecular weight excluding hydrogens is 292 g/mol. The molecule has 0 amide bonds. The van der Waals surface area contributed by atoms with Crippen LogP contribution < -0.4 is 11.3 Å². The van der Waals surface area contributed by atoms with Gasteiger partial charge in [0, 0.05) is 5.56 Å². The van der Waals surface area contributed by atoms with Gasteiger partial charge in [-0.05, 0) is 37.8 Å². The number of nitrogens with two attached hydrogens (primary N) is 1. The van der Waals surface area contributed by atoms with Crippen LogP contribution in [0.1, 0.15) is 24.1 Å². The normalized spacial score (nSPS) is 14.4. The van der Waals surface area contributed by atoms with E-state index < -0.39 is 0 Å². The molecule has 2 heterocycles. The quantitative estimate of drug-likeness (QED) is 0.712. The van der Waals surface area contributed by atoms with E-state index >= 15 is 0 Å². The van der Waals surface area contributed by atoms with E-state index in [1.165, 1.54) is 4.52 Å². The highest BCUT2D eigenvalue weighted by Crippen LogP contribution is 2.29. The zero-order valence-electron chi connectivity index (χ0n) is 12.5. The van der Waals surface area contributed by atoms with Crippen molar-refractivity contribution in [2.45, 2.75) is 25.7 Å². The summed E-state index contributed by atoms with van der Waals surface area (Å²) in [5.74, 6) is 0.289. The predicted molar refractivity (Wildman–Crippen MR) is 87.5 cm³/mol. The van der Waals surface area contributed by atoms with E-state index in [9.17, 15) is 4.79 Å². The maximum absolute atomic E-state index is 12.6. The molecule has 3 N–H and O–H groups in total. The number of benzene rings is 1. The molecule has 0 atom stereocenters. The second kappa shape index (κ2) is 5.35. The summed E-state index contributed by atoms with van der Waals surface area (Å²) in [6.45, 7) is 0. The Hall–Kier alpha value is -2.96. The smallest absolute Gasteiger partial charge is 0.276 e. The van der Waals surface area contributed by atoms with E-state index in [4.69, 9.17) is 5.73 Å². The first-order valence-electron chi connectivity index (χ1n) is 7.63. The fraction of sp³-hybridized carbons (Fsp3) is 0.250. The number of azo groups is 1. The Labute approximate surface area is 131 Å². The molecule has 3 aromatic rings. The number of fused-ring (bicyclic) bond motifs is 2. The van der Waals surface area contributed by atoms with Crippen LogP contribution in [0.15, 0.2) is 45.4 Å². The summed E-state index contributed by atoms with van der Waals surface area (Å²) in [6.07, 6.45) is 3.66. The minimum absolute atomic E-state index is 0.0856. The highest BCUT2D eigenvalue weighted by Gasteiger charge is 2.20. The molecule has 0 radical (unpaired) electrons. The number of H-pyrrole nitrogens is 1. The van der Waals surface area contributed by atoms with Crippen LogP contribution in [-0.2, 0) is 12.8 Å². The molecule has 0 unspecified atom stereocenters. The molecule has 7 nitrogen and oxygen atoms in total. The van der Waals surface area contributed by atoms with E-state index in [-0.39, 0.29) is 11.4 Å². The maximum atomic E-state index is 12.6. The number of rotatable bonds is 2. The molecule has 1 aliphatic rings. The molecule has 0 bridgehead atoms. The Morgan fingerprint density at radius 2 is 1.91 bits per heavy atom. The molecule has 0 saturated heterocycles. The van der Waals surface area contributed by atoms with Crippen LogP contribution in [0.2, 0.25) is 0 Å². The summed E-state index contributed by atoms with van der Waals surface area (Å²) < 4.78 is 1.37. The summed E-state index contributed by atoms with van der Waals surface area (Å²) in [6, 6.07) is 9.36. The summed E-state index contributed by atoms with van der Waals surface area (Å²) >= 11 is 0. The first-order chi connectivity index (χ1) is 11.2. The van der Waals surface area contributed by atoms with E-state index in [2.05, 4.69) is 20.3 Å². The second-order valence-corrected chi connectivity index (χ2v) is 5.62. The first kappa shape index (κ1) is 13.7. The van der Waals surface area contributed by atoms with E-state index in [1.807, 2.05) is 30.3 Å². The number of aromatic nitrogens is 3. The first-order valence-corrected chi connectivity index (χ1v) is 7.63. The van der Waals surface area contributed by atoms with Gasteiger partial charge in [0.2, 0.25) is 0 Å². The predicted octanol–water partition coefficient (Wildman–Crippen LogP) is 2.90. The van der Waals surface area contributed by atoms with Crippen molar-refractivity contribution in [1.82, 2.24) is 14.6 Å². The van der Waals surface area contributed by atoms with Gasteiger partial charge in [0.25, 0.3) is 5.56 Å². The topological polar surface area (TPSA) is 101 Å². The van der Waals surface area contributed by atoms with Gasteiger partial charge in [0.15, 0.2) is 11.3 Å². The number of aromatic amines is 1. The monoisotopic (exact) mass is 308 g/mol. The second-order valence-electron chi connectivity index (χ2n) is 5.62. The van der Waals surface area contributed by atoms with Crippen LogP contribution in [0, 0.1) is 0 Å². The molecule has 1 aliphatic carbocycles. The van der Waals surface area contributed by atoms with Crippen LogP contribution in [-0.4, -0.2) is 14.6 Å². The van der Waals surface area contributed by atoms with Crippen molar-refractivity contribution in [2.24, 2.45) is 10.2 Å². The minimum atomic E-state index is -0.0856. The third-order valence-corrected chi connectivity index (χ3v) is 4.07. The van der Waals surface area contributed by atoms with Crippen molar-refractivity contribution in [3.63, 3.8) is 0 Å². The number of hydrogen-bond donors (Lipinski definition) is 2. The molecule has 0 fully saturated rings. The number of hydrogen-bond acceptors (Lipinski definition) is 5. The van der Waals surface area contributed by atoms with Gasteiger partial charge < -0.3 is 5.73 Å². The highest BCUT2D eigenvalue weighted by molar-refractivity contribution is 5.75. The van der Waals surface area contributed by atoms with Crippen molar-refractivity contribution in [3.8, 4) is 0 Å². The van der Waals surface area contributed by atoms with Crippen LogP contribution in [0.4, 0.5) is 17.2 Å². The molecule has 0 aliphatic heterocycles. The summed E-state index contributed by atoms with van der Waals surface area (Å²) in [5, 5.41) is 11.2. The van der Waals surface area contributed by atoms with Gasteiger partial charge in [-0.2, -0.15) is 9.63 Å². The largest absolute Gasteiger partial charge is 0.382 e. The van der Waals surface area contributed by atoms with Gasteiger partial charge in [-0.3, -0.25) is 9.89 Å².